The van der Waals surface area contributed by atoms with Gasteiger partial charge in [-0.25, -0.2) is 0 Å². The molecule has 1 aromatic carbocycles. The van der Waals surface area contributed by atoms with E-state index in [4.69, 9.17) is 14.2 Å². The van der Waals surface area contributed by atoms with Gasteiger partial charge in [-0.15, -0.1) is 0 Å². The fraction of sp³-hybridized carbons (Fsp3) is 0.649. The third-order valence-corrected chi connectivity index (χ3v) is 7.54. The van der Waals surface area contributed by atoms with Crippen molar-refractivity contribution in [2.24, 2.45) is 5.41 Å². The van der Waals surface area contributed by atoms with E-state index < -0.39 is 29.4 Å². The summed E-state index contributed by atoms with van der Waals surface area (Å²) < 4.78 is 15.6. The Morgan fingerprint density at radius 1 is 0.766 bits per heavy atom. The van der Waals surface area contributed by atoms with Crippen molar-refractivity contribution in [1.82, 2.24) is 5.32 Å². The highest BCUT2D eigenvalue weighted by molar-refractivity contribution is 5.91. The van der Waals surface area contributed by atoms with Crippen LogP contribution in [0.5, 0.6) is 5.75 Å². The smallest absolute Gasteiger partial charge is 0.311 e. The molecule has 1 rings (SSSR count). The lowest BCUT2D eigenvalue weighted by atomic mass is 9.86. The topological polar surface area (TPSA) is 137 Å². The molecule has 10 nitrogen and oxygen atoms in total. The van der Waals surface area contributed by atoms with Crippen LogP contribution in [0.4, 0.5) is 5.69 Å². The molecule has 0 radical (unpaired) electrons. The summed E-state index contributed by atoms with van der Waals surface area (Å²) in [6.45, 7) is 7.82. The number of carbonyl (C=O) groups is 5. The number of benzene rings is 1. The van der Waals surface area contributed by atoms with E-state index in [1.54, 1.807) is 38.1 Å². The number of anilines is 1. The van der Waals surface area contributed by atoms with Gasteiger partial charge >= 0.3 is 17.9 Å². The van der Waals surface area contributed by atoms with Crippen LogP contribution in [-0.4, -0.2) is 49.0 Å². The highest BCUT2D eigenvalue weighted by Crippen LogP contribution is 2.25. The summed E-state index contributed by atoms with van der Waals surface area (Å²) in [5, 5.41) is 5.33. The van der Waals surface area contributed by atoms with Crippen molar-refractivity contribution < 1.29 is 38.2 Å². The summed E-state index contributed by atoms with van der Waals surface area (Å²) in [7, 11) is 0. The molecule has 0 aromatic heterocycles. The summed E-state index contributed by atoms with van der Waals surface area (Å²) in [4.78, 5) is 60.1. The van der Waals surface area contributed by atoms with Gasteiger partial charge in [0.05, 0.1) is 0 Å². The molecule has 1 atom stereocenters. The molecule has 264 valence electrons. The van der Waals surface area contributed by atoms with Crippen molar-refractivity contribution in [2.45, 2.75) is 137 Å². The van der Waals surface area contributed by atoms with Gasteiger partial charge in [-0.1, -0.05) is 84.3 Å². The van der Waals surface area contributed by atoms with Gasteiger partial charge in [0.25, 0.3) is 5.91 Å². The van der Waals surface area contributed by atoms with Crippen LogP contribution >= 0.6 is 0 Å². The molecule has 0 aliphatic rings. The second kappa shape index (κ2) is 24.5. The molecule has 0 bridgehead atoms. The van der Waals surface area contributed by atoms with E-state index in [1.807, 2.05) is 0 Å². The zero-order chi connectivity index (χ0) is 34.9. The van der Waals surface area contributed by atoms with Gasteiger partial charge < -0.3 is 24.8 Å². The van der Waals surface area contributed by atoms with E-state index in [2.05, 4.69) is 29.7 Å². The van der Waals surface area contributed by atoms with E-state index in [9.17, 15) is 24.0 Å². The van der Waals surface area contributed by atoms with Gasteiger partial charge in [0.15, 0.2) is 6.10 Å². The van der Waals surface area contributed by atoms with E-state index >= 15 is 0 Å². The zero-order valence-corrected chi connectivity index (χ0v) is 29.3. The maximum Gasteiger partial charge on any atom is 0.311 e. The maximum atomic E-state index is 12.7. The van der Waals surface area contributed by atoms with Crippen molar-refractivity contribution in [3.63, 3.8) is 0 Å². The Hall–Kier alpha value is -3.69. The summed E-state index contributed by atoms with van der Waals surface area (Å²) in [5.41, 5.74) is -0.475. The quantitative estimate of drug-likeness (QED) is 0.0474. The summed E-state index contributed by atoms with van der Waals surface area (Å²) in [6.07, 6.45) is 19.3. The number of nitrogens with one attached hydrogen (secondary N) is 2. The Labute approximate surface area is 281 Å². The third kappa shape index (κ3) is 20.9. The van der Waals surface area contributed by atoms with Crippen LogP contribution in [0.1, 0.15) is 131 Å². The number of amides is 2. The molecule has 2 amide bonds. The first-order chi connectivity index (χ1) is 22.4. The fourth-order valence-corrected chi connectivity index (χ4v) is 4.84. The Kier molecular flexibility index (Phi) is 21.5. The minimum absolute atomic E-state index is 0.00185. The van der Waals surface area contributed by atoms with Crippen molar-refractivity contribution in [3.05, 3.63) is 36.4 Å². The average Bonchev–Trinajstić information content (AvgIpc) is 3.01. The van der Waals surface area contributed by atoms with Crippen molar-refractivity contribution in [1.29, 1.82) is 0 Å². The van der Waals surface area contributed by atoms with Crippen LogP contribution in [0.15, 0.2) is 36.4 Å². The molecular weight excluding hydrogens is 600 g/mol. The number of rotatable bonds is 25. The van der Waals surface area contributed by atoms with Crippen LogP contribution in [0.25, 0.3) is 0 Å². The normalized spacial score (nSPS) is 11.9. The fourth-order valence-electron chi connectivity index (χ4n) is 4.84. The number of ether oxygens (including phenoxy) is 3. The highest BCUT2D eigenvalue weighted by atomic mass is 16.6. The molecule has 0 saturated heterocycles. The predicted octanol–water partition coefficient (Wildman–Crippen LogP) is 7.60. The Bertz CT molecular complexity index is 1110. The van der Waals surface area contributed by atoms with Crippen LogP contribution in [-0.2, 0) is 33.4 Å². The van der Waals surface area contributed by atoms with Gasteiger partial charge in [0.2, 0.25) is 5.91 Å². The van der Waals surface area contributed by atoms with E-state index in [0.29, 0.717) is 17.9 Å². The molecule has 10 heteroatoms. The summed E-state index contributed by atoms with van der Waals surface area (Å²) in [5.74, 6) is -1.99. The van der Waals surface area contributed by atoms with E-state index in [-0.39, 0.29) is 31.4 Å². The van der Waals surface area contributed by atoms with Crippen LogP contribution in [0, 0.1) is 5.41 Å². The lowest BCUT2D eigenvalue weighted by molar-refractivity contribution is -0.166. The minimum atomic E-state index is -1.21. The van der Waals surface area contributed by atoms with Crippen molar-refractivity contribution in [3.8, 4) is 5.75 Å². The Balaban J connectivity index is 2.25. The average molecular weight is 659 g/mol. The first-order valence-corrected chi connectivity index (χ1v) is 17.3. The molecule has 0 aliphatic heterocycles. The van der Waals surface area contributed by atoms with E-state index in [0.717, 1.165) is 25.7 Å². The Morgan fingerprint density at radius 3 is 1.91 bits per heavy atom. The van der Waals surface area contributed by atoms with Gasteiger partial charge in [-0.05, 0) is 56.4 Å². The van der Waals surface area contributed by atoms with Gasteiger partial charge in [0.1, 0.15) is 12.4 Å². The Morgan fingerprint density at radius 2 is 1.34 bits per heavy atom. The number of carbonyl (C=O) groups excluding carboxylic acids is 5. The highest BCUT2D eigenvalue weighted by Gasteiger charge is 2.39. The van der Waals surface area contributed by atoms with Crippen molar-refractivity contribution >= 4 is 35.4 Å². The SMILES string of the molecule is CCCCCCCCC=CCCCCCCCC(=O)Oc1ccc(NC(=O)CCNC(=O)C(OC(C)=O)C(C)(C)COC(C)=O)cc1. The summed E-state index contributed by atoms with van der Waals surface area (Å²) >= 11 is 0. The first-order valence-electron chi connectivity index (χ1n) is 17.3. The molecule has 0 aliphatic carbocycles. The minimum Gasteiger partial charge on any atom is -0.465 e. The van der Waals surface area contributed by atoms with Crippen LogP contribution in [0.3, 0.4) is 0 Å². The molecule has 1 aromatic rings. The predicted molar refractivity (Wildman–Crippen MR) is 184 cm³/mol. The second-order valence-electron chi connectivity index (χ2n) is 12.7. The standard InChI is InChI=1S/C37H58N2O8/c1-6-7-8-9-10-11-12-13-14-15-16-17-18-19-20-21-34(43)47-32-24-22-31(23-25-32)39-33(42)26-27-38-36(44)35(46-30(3)41)37(4,5)28-45-29(2)40/h13-14,22-25,35H,6-12,15-21,26-28H2,1-5H3,(H,38,44)(H,39,42). The lowest BCUT2D eigenvalue weighted by Crippen LogP contribution is -2.49. The summed E-state index contributed by atoms with van der Waals surface area (Å²) in [6, 6.07) is 6.50. The monoisotopic (exact) mass is 658 g/mol. The molecule has 0 spiro atoms. The van der Waals surface area contributed by atoms with Gasteiger partial charge in [-0.3, -0.25) is 24.0 Å². The number of esters is 3. The number of hydrogen-bond donors (Lipinski definition) is 2. The van der Waals surface area contributed by atoms with Crippen LogP contribution in [0.2, 0.25) is 0 Å². The number of unbranched alkanes of at least 4 members (excludes halogenated alkanes) is 11. The third-order valence-electron chi connectivity index (χ3n) is 7.54. The number of hydrogen-bond acceptors (Lipinski definition) is 8. The molecular formula is C37H58N2O8. The first kappa shape index (κ1) is 41.3. The van der Waals surface area contributed by atoms with Crippen molar-refractivity contribution in [2.75, 3.05) is 18.5 Å². The number of allylic oxidation sites excluding steroid dienone is 2. The molecule has 1 unspecified atom stereocenters. The maximum absolute atomic E-state index is 12.7. The van der Waals surface area contributed by atoms with Gasteiger partial charge in [-0.2, -0.15) is 0 Å². The molecule has 0 saturated carbocycles. The largest absolute Gasteiger partial charge is 0.465 e. The second-order valence-corrected chi connectivity index (χ2v) is 12.7. The molecule has 0 fully saturated rings. The molecule has 0 heterocycles. The van der Waals surface area contributed by atoms with Gasteiger partial charge in [0, 0.05) is 44.3 Å². The zero-order valence-electron chi connectivity index (χ0n) is 29.3. The molecule has 2 N–H and O–H groups in total. The molecule has 47 heavy (non-hydrogen) atoms. The van der Waals surface area contributed by atoms with E-state index in [1.165, 1.54) is 71.6 Å². The van der Waals surface area contributed by atoms with Crippen LogP contribution < -0.4 is 15.4 Å². The lowest BCUT2D eigenvalue weighted by Gasteiger charge is -2.31.